The molecule has 8 heteroatoms. The van der Waals surface area contributed by atoms with E-state index in [1.165, 1.54) is 11.8 Å². The molecule has 0 radical (unpaired) electrons. The minimum absolute atomic E-state index is 0.0495. The molecule has 1 atom stereocenters. The number of hydrogen-bond acceptors (Lipinski definition) is 6. The van der Waals surface area contributed by atoms with Gasteiger partial charge >= 0.3 is 0 Å². The summed E-state index contributed by atoms with van der Waals surface area (Å²) in [5.74, 6) is -0.00366. The average molecular weight is 360 g/mol. The van der Waals surface area contributed by atoms with Crippen LogP contribution in [0.1, 0.15) is 18.4 Å². The fourth-order valence-corrected chi connectivity index (χ4v) is 3.51. The first-order valence-electron chi connectivity index (χ1n) is 8.14. The highest BCUT2D eigenvalue weighted by Crippen LogP contribution is 2.26. The molecule has 1 saturated heterocycles. The van der Waals surface area contributed by atoms with Crippen LogP contribution in [0.5, 0.6) is 0 Å². The molecule has 2 aromatic rings. The second-order valence-electron chi connectivity index (χ2n) is 6.06. The van der Waals surface area contributed by atoms with Crippen LogP contribution in [0.4, 0.5) is 0 Å². The van der Waals surface area contributed by atoms with Gasteiger partial charge in [0.2, 0.25) is 17.7 Å². The molecule has 0 aliphatic carbocycles. The van der Waals surface area contributed by atoms with E-state index >= 15 is 0 Å². The quantitative estimate of drug-likeness (QED) is 0.817. The van der Waals surface area contributed by atoms with Crippen LogP contribution < -0.4 is 5.73 Å². The van der Waals surface area contributed by atoms with Gasteiger partial charge in [-0.25, -0.2) is 0 Å². The number of piperidine rings is 1. The van der Waals surface area contributed by atoms with Crippen molar-refractivity contribution in [1.29, 1.82) is 0 Å². The molecule has 1 aromatic heterocycles. The van der Waals surface area contributed by atoms with E-state index in [0.29, 0.717) is 24.2 Å². The predicted octanol–water partition coefficient (Wildman–Crippen LogP) is 1.86. The van der Waals surface area contributed by atoms with E-state index in [9.17, 15) is 9.59 Å². The van der Waals surface area contributed by atoms with Gasteiger partial charge in [0.05, 0.1) is 11.7 Å². The summed E-state index contributed by atoms with van der Waals surface area (Å²) in [4.78, 5) is 25.3. The molecule has 1 aliphatic heterocycles. The molecule has 2 heterocycles. The van der Waals surface area contributed by atoms with Crippen molar-refractivity contribution in [1.82, 2.24) is 15.1 Å². The molecular weight excluding hydrogens is 340 g/mol. The predicted molar refractivity (Wildman–Crippen MR) is 93.7 cm³/mol. The standard InChI is InChI=1S/C17H20N4O3S/c1-11-5-2-3-7-13(11)16-19-20-17(24-16)25-10-14(22)21-8-4-6-12(9-21)15(18)23/h2-3,5,7,12H,4,6,8-10H2,1H3,(H2,18,23)/t12-/m0/s1. The molecule has 2 amide bonds. The third-order valence-corrected chi connectivity index (χ3v) is 5.08. The minimum atomic E-state index is -0.343. The number of nitrogens with two attached hydrogens (primary N) is 1. The summed E-state index contributed by atoms with van der Waals surface area (Å²) in [6.45, 7) is 3.02. The van der Waals surface area contributed by atoms with Crippen LogP contribution in [-0.2, 0) is 9.59 Å². The minimum Gasteiger partial charge on any atom is -0.411 e. The van der Waals surface area contributed by atoms with Gasteiger partial charge in [-0.2, -0.15) is 0 Å². The zero-order valence-corrected chi connectivity index (χ0v) is 14.8. The number of amides is 2. The first-order valence-corrected chi connectivity index (χ1v) is 9.12. The van der Waals surface area contributed by atoms with Crippen LogP contribution >= 0.6 is 11.8 Å². The first kappa shape index (κ1) is 17.5. The normalized spacial score (nSPS) is 17.5. The Morgan fingerprint density at radius 2 is 2.16 bits per heavy atom. The second-order valence-corrected chi connectivity index (χ2v) is 6.98. The molecule has 0 unspecified atom stereocenters. The van der Waals surface area contributed by atoms with Gasteiger partial charge in [-0.05, 0) is 31.4 Å². The molecule has 0 bridgehead atoms. The van der Waals surface area contributed by atoms with Gasteiger partial charge in [0, 0.05) is 18.7 Å². The van der Waals surface area contributed by atoms with E-state index < -0.39 is 0 Å². The van der Waals surface area contributed by atoms with E-state index in [1.54, 1.807) is 4.90 Å². The highest BCUT2D eigenvalue weighted by Gasteiger charge is 2.27. The molecule has 0 spiro atoms. The lowest BCUT2D eigenvalue weighted by Gasteiger charge is -2.31. The summed E-state index contributed by atoms with van der Waals surface area (Å²) in [5.41, 5.74) is 7.28. The molecule has 1 fully saturated rings. The lowest BCUT2D eigenvalue weighted by Crippen LogP contribution is -2.44. The number of nitrogens with zero attached hydrogens (tertiary/aromatic N) is 3. The summed E-state index contributed by atoms with van der Waals surface area (Å²) < 4.78 is 5.64. The van der Waals surface area contributed by atoms with Gasteiger partial charge in [-0.1, -0.05) is 30.0 Å². The van der Waals surface area contributed by atoms with Gasteiger partial charge < -0.3 is 15.1 Å². The molecule has 7 nitrogen and oxygen atoms in total. The molecule has 1 aromatic carbocycles. The maximum absolute atomic E-state index is 12.3. The summed E-state index contributed by atoms with van der Waals surface area (Å²) in [7, 11) is 0. The number of rotatable bonds is 5. The maximum atomic E-state index is 12.3. The van der Waals surface area contributed by atoms with Crippen molar-refractivity contribution in [2.24, 2.45) is 11.7 Å². The van der Waals surface area contributed by atoms with Crippen molar-refractivity contribution < 1.29 is 14.0 Å². The van der Waals surface area contributed by atoms with Crippen molar-refractivity contribution in [3.8, 4) is 11.5 Å². The zero-order valence-electron chi connectivity index (χ0n) is 14.0. The summed E-state index contributed by atoms with van der Waals surface area (Å²) in [6, 6.07) is 7.75. The Hall–Kier alpha value is -2.35. The number of hydrogen-bond donors (Lipinski definition) is 1. The highest BCUT2D eigenvalue weighted by molar-refractivity contribution is 7.99. The Labute approximate surface area is 150 Å². The Morgan fingerprint density at radius 1 is 1.36 bits per heavy atom. The summed E-state index contributed by atoms with van der Waals surface area (Å²) >= 11 is 1.21. The molecule has 25 heavy (non-hydrogen) atoms. The van der Waals surface area contributed by atoms with E-state index in [2.05, 4.69) is 10.2 Å². The highest BCUT2D eigenvalue weighted by atomic mass is 32.2. The Kier molecular flexibility index (Phi) is 5.37. The summed E-state index contributed by atoms with van der Waals surface area (Å²) in [5, 5.41) is 8.40. The van der Waals surface area contributed by atoms with Crippen molar-refractivity contribution in [3.05, 3.63) is 29.8 Å². The van der Waals surface area contributed by atoms with Gasteiger partial charge in [0.1, 0.15) is 0 Å². The van der Waals surface area contributed by atoms with Crippen LogP contribution in [0.25, 0.3) is 11.5 Å². The smallest absolute Gasteiger partial charge is 0.277 e. The number of aromatic nitrogens is 2. The van der Waals surface area contributed by atoms with Gasteiger partial charge in [-0.15, -0.1) is 10.2 Å². The molecule has 1 aliphatic rings. The number of benzene rings is 1. The third kappa shape index (κ3) is 4.19. The fraction of sp³-hybridized carbons (Fsp3) is 0.412. The van der Waals surface area contributed by atoms with Crippen molar-refractivity contribution in [2.45, 2.75) is 25.0 Å². The lowest BCUT2D eigenvalue weighted by atomic mass is 9.97. The largest absolute Gasteiger partial charge is 0.411 e. The van der Waals surface area contributed by atoms with Crippen LogP contribution in [0, 0.1) is 12.8 Å². The molecule has 3 rings (SSSR count). The van der Waals surface area contributed by atoms with E-state index in [0.717, 1.165) is 24.0 Å². The molecule has 2 N–H and O–H groups in total. The maximum Gasteiger partial charge on any atom is 0.277 e. The molecule has 0 saturated carbocycles. The van der Waals surface area contributed by atoms with Crippen molar-refractivity contribution >= 4 is 23.6 Å². The second kappa shape index (κ2) is 7.69. The zero-order chi connectivity index (χ0) is 17.8. The first-order chi connectivity index (χ1) is 12.0. The number of carbonyl (C=O) groups is 2. The molecular formula is C17H20N4O3S. The summed E-state index contributed by atoms with van der Waals surface area (Å²) in [6.07, 6.45) is 1.54. The monoisotopic (exact) mass is 360 g/mol. The Balaban J connectivity index is 1.58. The number of likely N-dealkylation sites (tertiary alicyclic amines) is 1. The average Bonchev–Trinajstić information content (AvgIpc) is 3.09. The number of aryl methyl sites for hydroxylation is 1. The van der Waals surface area contributed by atoms with Gasteiger partial charge in [0.15, 0.2) is 0 Å². The van der Waals surface area contributed by atoms with Gasteiger partial charge in [-0.3, -0.25) is 9.59 Å². The number of primary amides is 1. The Bertz CT molecular complexity index is 777. The van der Waals surface area contributed by atoms with Crippen LogP contribution in [0.2, 0.25) is 0 Å². The number of carbonyl (C=O) groups excluding carboxylic acids is 2. The third-order valence-electron chi connectivity index (χ3n) is 4.28. The fourth-order valence-electron chi connectivity index (χ4n) is 2.84. The van der Waals surface area contributed by atoms with E-state index in [1.807, 2.05) is 31.2 Å². The van der Waals surface area contributed by atoms with E-state index in [-0.39, 0.29) is 23.5 Å². The van der Waals surface area contributed by atoms with Gasteiger partial charge in [0.25, 0.3) is 5.22 Å². The Morgan fingerprint density at radius 3 is 2.92 bits per heavy atom. The van der Waals surface area contributed by atoms with Crippen LogP contribution in [-0.4, -0.2) is 45.8 Å². The SMILES string of the molecule is Cc1ccccc1-c1nnc(SCC(=O)N2CCC[C@H](C(N)=O)C2)o1. The lowest BCUT2D eigenvalue weighted by molar-refractivity contribution is -0.132. The van der Waals surface area contributed by atoms with Crippen LogP contribution in [0.15, 0.2) is 33.9 Å². The van der Waals surface area contributed by atoms with E-state index in [4.69, 9.17) is 10.2 Å². The molecule has 132 valence electrons. The van der Waals surface area contributed by atoms with Crippen molar-refractivity contribution in [2.75, 3.05) is 18.8 Å². The topological polar surface area (TPSA) is 102 Å². The van der Waals surface area contributed by atoms with Crippen molar-refractivity contribution in [3.63, 3.8) is 0 Å². The number of thioether (sulfide) groups is 1. The van der Waals surface area contributed by atoms with Crippen LogP contribution in [0.3, 0.4) is 0 Å².